The smallest absolute Gasteiger partial charge is 0.412 e. The van der Waals surface area contributed by atoms with Crippen molar-refractivity contribution >= 4 is 46.4 Å². The normalized spacial score (nSPS) is 13.2. The zero-order chi connectivity index (χ0) is 28.2. The van der Waals surface area contributed by atoms with Gasteiger partial charge in [-0.3, -0.25) is 15.0 Å². The quantitative estimate of drug-likeness (QED) is 0.179. The van der Waals surface area contributed by atoms with Crippen molar-refractivity contribution in [3.8, 4) is 11.9 Å². The number of fused-ring (bicyclic) bond motifs is 1. The Morgan fingerprint density at radius 1 is 1.23 bits per heavy atom. The third kappa shape index (κ3) is 6.27. The monoisotopic (exact) mass is 547 g/mol. The maximum atomic E-state index is 13.3. The molecule has 0 aliphatic carbocycles. The SMILES string of the molecule is COc1ccc(NC(=O)c2nc3c(s2)CN(C(=Nc2ccccc2)NC#N)CC3)c(N(C(=O)O)C(C)(C)C)c1. The average molecular weight is 548 g/mol. The average Bonchev–Trinajstić information content (AvgIpc) is 3.33. The molecule has 4 rings (SSSR count). The number of hydrogen-bond acceptors (Lipinski definition) is 7. The zero-order valence-corrected chi connectivity index (χ0v) is 22.9. The summed E-state index contributed by atoms with van der Waals surface area (Å²) in [5.74, 6) is 0.440. The lowest BCUT2D eigenvalue weighted by atomic mass is 10.0. The number of benzene rings is 2. The van der Waals surface area contributed by atoms with Gasteiger partial charge in [0.15, 0.2) is 11.2 Å². The molecule has 1 aromatic heterocycles. The number of rotatable bonds is 5. The Balaban J connectivity index is 1.58. The first kappa shape index (κ1) is 27.4. The van der Waals surface area contributed by atoms with Gasteiger partial charge in [-0.15, -0.1) is 11.3 Å². The van der Waals surface area contributed by atoms with E-state index in [1.807, 2.05) is 41.4 Å². The van der Waals surface area contributed by atoms with Crippen LogP contribution in [-0.2, 0) is 13.0 Å². The highest BCUT2D eigenvalue weighted by Crippen LogP contribution is 2.35. The van der Waals surface area contributed by atoms with Crippen LogP contribution in [0, 0.1) is 11.5 Å². The first-order valence-electron chi connectivity index (χ1n) is 12.2. The molecule has 1 aliphatic heterocycles. The van der Waals surface area contributed by atoms with Crippen molar-refractivity contribution < 1.29 is 19.4 Å². The fraction of sp³-hybridized carbons (Fsp3) is 0.296. The predicted molar refractivity (Wildman–Crippen MR) is 150 cm³/mol. The van der Waals surface area contributed by atoms with E-state index in [0.29, 0.717) is 48.3 Å². The number of anilines is 2. The minimum Gasteiger partial charge on any atom is -0.497 e. The first-order valence-corrected chi connectivity index (χ1v) is 13.0. The predicted octanol–water partition coefficient (Wildman–Crippen LogP) is 4.80. The van der Waals surface area contributed by atoms with Crippen LogP contribution in [0.15, 0.2) is 53.5 Å². The molecule has 0 spiro atoms. The number of guanidine groups is 1. The van der Waals surface area contributed by atoms with Crippen molar-refractivity contribution in [2.75, 3.05) is 23.9 Å². The Kier molecular flexibility index (Phi) is 8.01. The molecule has 0 saturated heterocycles. The number of nitrogens with zero attached hydrogens (tertiary/aromatic N) is 5. The van der Waals surface area contributed by atoms with Crippen LogP contribution in [-0.4, -0.2) is 52.1 Å². The van der Waals surface area contributed by atoms with Gasteiger partial charge >= 0.3 is 6.09 Å². The van der Waals surface area contributed by atoms with Crippen LogP contribution in [0.3, 0.4) is 0 Å². The van der Waals surface area contributed by atoms with E-state index in [9.17, 15) is 20.0 Å². The lowest BCUT2D eigenvalue weighted by Gasteiger charge is -2.34. The van der Waals surface area contributed by atoms with E-state index in [-0.39, 0.29) is 5.01 Å². The number of hydrogen-bond donors (Lipinski definition) is 3. The standard InChI is InChI=1S/C27H29N7O4S/c1-27(2,3)34(26(36)37)21-14-18(38-4)10-11-19(21)31-23(35)24-32-20-12-13-33(15-22(20)39-24)25(29-16-28)30-17-8-6-5-7-9-17/h5-11,14H,12-13,15H2,1-4H3,(H,29,30)(H,31,35)(H,36,37). The van der Waals surface area contributed by atoms with Crippen LogP contribution in [0.4, 0.5) is 21.9 Å². The minimum absolute atomic E-state index is 0.260. The third-order valence-corrected chi connectivity index (χ3v) is 7.02. The molecule has 2 aromatic carbocycles. The summed E-state index contributed by atoms with van der Waals surface area (Å²) < 4.78 is 5.30. The Hall–Kier alpha value is -4.63. The van der Waals surface area contributed by atoms with Crippen LogP contribution < -0.4 is 20.3 Å². The molecule has 0 unspecified atom stereocenters. The highest BCUT2D eigenvalue weighted by Gasteiger charge is 2.31. The van der Waals surface area contributed by atoms with E-state index < -0.39 is 17.5 Å². The van der Waals surface area contributed by atoms with Crippen molar-refractivity contribution in [2.45, 2.75) is 39.3 Å². The molecular weight excluding hydrogens is 518 g/mol. The summed E-state index contributed by atoms with van der Waals surface area (Å²) in [5.41, 5.74) is 1.36. The van der Waals surface area contributed by atoms with Crippen LogP contribution in [0.1, 0.15) is 41.1 Å². The molecule has 39 heavy (non-hydrogen) atoms. The van der Waals surface area contributed by atoms with Crippen LogP contribution >= 0.6 is 11.3 Å². The second kappa shape index (κ2) is 11.4. The van der Waals surface area contributed by atoms with Crippen LogP contribution in [0.25, 0.3) is 0 Å². The molecule has 1 aliphatic rings. The van der Waals surface area contributed by atoms with Gasteiger partial charge < -0.3 is 20.1 Å². The Morgan fingerprint density at radius 3 is 2.62 bits per heavy atom. The molecule has 3 aromatic rings. The molecule has 0 atom stereocenters. The Labute approximate surface area is 230 Å². The number of carboxylic acid groups (broad SMARTS) is 1. The third-order valence-electron chi connectivity index (χ3n) is 5.94. The fourth-order valence-corrected chi connectivity index (χ4v) is 5.20. The lowest BCUT2D eigenvalue weighted by Crippen LogP contribution is -2.45. The highest BCUT2D eigenvalue weighted by molar-refractivity contribution is 7.13. The minimum atomic E-state index is -1.16. The van der Waals surface area contributed by atoms with E-state index in [4.69, 9.17) is 4.74 Å². The molecule has 0 bridgehead atoms. The summed E-state index contributed by atoms with van der Waals surface area (Å²) in [6.07, 6.45) is 1.36. The second-order valence-electron chi connectivity index (χ2n) is 9.69. The van der Waals surface area contributed by atoms with Gasteiger partial charge in [-0.25, -0.2) is 14.8 Å². The molecule has 12 heteroatoms. The summed E-state index contributed by atoms with van der Waals surface area (Å²) >= 11 is 1.26. The fourth-order valence-electron chi connectivity index (χ4n) is 4.18. The molecule has 3 N–H and O–H groups in total. The van der Waals surface area contributed by atoms with E-state index >= 15 is 0 Å². The van der Waals surface area contributed by atoms with Crippen molar-refractivity contribution in [3.63, 3.8) is 0 Å². The number of para-hydroxylation sites is 1. The summed E-state index contributed by atoms with van der Waals surface area (Å²) in [7, 11) is 1.49. The summed E-state index contributed by atoms with van der Waals surface area (Å²) in [4.78, 5) is 38.6. The van der Waals surface area contributed by atoms with E-state index in [2.05, 4.69) is 20.6 Å². The number of carbonyl (C=O) groups excluding carboxylic acids is 1. The lowest BCUT2D eigenvalue weighted by molar-refractivity contribution is 0.102. The Bertz CT molecular complexity index is 1440. The van der Waals surface area contributed by atoms with Crippen molar-refractivity contribution in [2.24, 2.45) is 4.99 Å². The van der Waals surface area contributed by atoms with Crippen LogP contribution in [0.2, 0.25) is 0 Å². The topological polar surface area (TPSA) is 143 Å². The summed E-state index contributed by atoms with van der Waals surface area (Å²) in [6.45, 7) is 6.31. The molecule has 202 valence electrons. The molecule has 11 nitrogen and oxygen atoms in total. The molecule has 2 amide bonds. The molecular formula is C27H29N7O4S. The number of carbonyl (C=O) groups is 2. The molecule has 0 saturated carbocycles. The number of aliphatic imine (C=N–C) groups is 1. The number of ether oxygens (including phenoxy) is 1. The van der Waals surface area contributed by atoms with Crippen molar-refractivity contribution in [3.05, 3.63) is 64.1 Å². The van der Waals surface area contributed by atoms with Crippen molar-refractivity contribution in [1.29, 1.82) is 5.26 Å². The number of thiazole rings is 1. The number of nitrogens with one attached hydrogen (secondary N) is 2. The largest absolute Gasteiger partial charge is 0.497 e. The second-order valence-corrected chi connectivity index (χ2v) is 10.8. The van der Waals surface area contributed by atoms with Gasteiger partial charge in [0.25, 0.3) is 5.91 Å². The van der Waals surface area contributed by atoms with E-state index in [1.54, 1.807) is 39.0 Å². The maximum absolute atomic E-state index is 13.3. The van der Waals surface area contributed by atoms with Crippen LogP contribution in [0.5, 0.6) is 5.75 Å². The summed E-state index contributed by atoms with van der Waals surface area (Å²) in [6, 6.07) is 14.2. The van der Waals surface area contributed by atoms with Gasteiger partial charge in [-0.1, -0.05) is 18.2 Å². The van der Waals surface area contributed by atoms with Gasteiger partial charge in [0, 0.05) is 29.4 Å². The van der Waals surface area contributed by atoms with E-state index in [1.165, 1.54) is 23.3 Å². The molecule has 0 fully saturated rings. The molecule has 2 heterocycles. The number of aromatic nitrogens is 1. The zero-order valence-electron chi connectivity index (χ0n) is 22.1. The van der Waals surface area contributed by atoms with Gasteiger partial charge in [0.2, 0.25) is 5.96 Å². The van der Waals surface area contributed by atoms with Gasteiger partial charge in [0.1, 0.15) is 5.75 Å². The number of methoxy groups -OCH3 is 1. The number of nitriles is 1. The maximum Gasteiger partial charge on any atom is 0.412 e. The van der Waals surface area contributed by atoms with Crippen molar-refractivity contribution in [1.82, 2.24) is 15.2 Å². The Morgan fingerprint density at radius 2 is 1.97 bits per heavy atom. The summed E-state index contributed by atoms with van der Waals surface area (Å²) in [5, 5.41) is 25.0. The van der Waals surface area contributed by atoms with Gasteiger partial charge in [0.05, 0.1) is 36.4 Å². The van der Waals surface area contributed by atoms with Gasteiger partial charge in [-0.2, -0.15) is 5.26 Å². The molecule has 0 radical (unpaired) electrons. The van der Waals surface area contributed by atoms with Gasteiger partial charge in [-0.05, 0) is 45.0 Å². The first-order chi connectivity index (χ1) is 18.6. The highest BCUT2D eigenvalue weighted by atomic mass is 32.1. The number of amides is 2. The van der Waals surface area contributed by atoms with E-state index in [0.717, 1.165) is 10.6 Å².